The van der Waals surface area contributed by atoms with Crippen molar-refractivity contribution in [2.24, 2.45) is 5.73 Å². The van der Waals surface area contributed by atoms with Gasteiger partial charge in [0, 0.05) is 18.6 Å². The number of halogens is 3. The van der Waals surface area contributed by atoms with Crippen molar-refractivity contribution >= 4 is 21.7 Å². The Morgan fingerprint density at radius 2 is 2.22 bits per heavy atom. The minimum atomic E-state index is -1.12. The fourth-order valence-electron chi connectivity index (χ4n) is 1.87. The molecule has 2 N–H and O–H groups in total. The van der Waals surface area contributed by atoms with E-state index in [-0.39, 0.29) is 23.1 Å². The smallest absolute Gasteiger partial charge is 0.159 e. The van der Waals surface area contributed by atoms with Crippen LogP contribution in [0.1, 0.15) is 12.0 Å². The Balaban J connectivity index is 2.24. The first-order valence-corrected chi connectivity index (χ1v) is 6.25. The second-order valence-electron chi connectivity index (χ2n) is 4.38. The molecule has 1 fully saturated rings. The van der Waals surface area contributed by atoms with Crippen LogP contribution in [0.3, 0.4) is 0 Å². The zero-order valence-corrected chi connectivity index (χ0v) is 11.1. The van der Waals surface area contributed by atoms with Gasteiger partial charge >= 0.3 is 0 Å². The van der Waals surface area contributed by atoms with Crippen LogP contribution in [0.25, 0.3) is 0 Å². The number of ether oxygens (including phenoxy) is 1. The van der Waals surface area contributed by atoms with Gasteiger partial charge in [-0.1, -0.05) is 0 Å². The molecule has 0 aliphatic carbocycles. The number of nitrogens with two attached hydrogens (primary N) is 1. The van der Waals surface area contributed by atoms with E-state index < -0.39 is 23.0 Å². The molecule has 0 aromatic heterocycles. The first-order chi connectivity index (χ1) is 8.44. The summed E-state index contributed by atoms with van der Waals surface area (Å²) in [5, 5.41) is 0. The van der Waals surface area contributed by atoms with Gasteiger partial charge in [-0.2, -0.15) is 0 Å². The number of benzene rings is 1. The summed E-state index contributed by atoms with van der Waals surface area (Å²) in [5.74, 6) is -1.91. The Labute approximate surface area is 111 Å². The molecule has 6 heteroatoms. The summed E-state index contributed by atoms with van der Waals surface area (Å²) in [6.07, 6.45) is 0.0139. The van der Waals surface area contributed by atoms with E-state index in [0.717, 1.165) is 6.07 Å². The fraction of sp³-hybridized carbons (Fsp3) is 0.417. The number of rotatable bonds is 3. The molecule has 3 nitrogen and oxygen atoms in total. The summed E-state index contributed by atoms with van der Waals surface area (Å²) in [4.78, 5) is 12.0. The molecule has 1 atom stereocenters. The first-order valence-electron chi connectivity index (χ1n) is 5.46. The minimum absolute atomic E-state index is 0.100. The zero-order chi connectivity index (χ0) is 13.3. The van der Waals surface area contributed by atoms with E-state index >= 15 is 0 Å². The topological polar surface area (TPSA) is 52.3 Å². The number of carbonyl (C=O) groups excluding carboxylic acids is 1. The van der Waals surface area contributed by atoms with E-state index in [1.165, 1.54) is 6.07 Å². The third-order valence-electron chi connectivity index (χ3n) is 3.08. The highest BCUT2D eigenvalue weighted by atomic mass is 79.9. The summed E-state index contributed by atoms with van der Waals surface area (Å²) in [6.45, 7) is 0.495. The number of hydrogen-bond acceptors (Lipinski definition) is 3. The molecule has 0 radical (unpaired) electrons. The maximum absolute atomic E-state index is 13.7. The molecular formula is C12H12BrF2NO2. The van der Waals surface area contributed by atoms with Crippen LogP contribution in [0.4, 0.5) is 8.78 Å². The minimum Gasteiger partial charge on any atom is -0.379 e. The van der Waals surface area contributed by atoms with Crippen LogP contribution in [0.2, 0.25) is 0 Å². The number of hydrogen-bond donors (Lipinski definition) is 1. The summed E-state index contributed by atoms with van der Waals surface area (Å²) >= 11 is 2.96. The molecule has 98 valence electrons. The third kappa shape index (κ3) is 2.46. The van der Waals surface area contributed by atoms with Crippen LogP contribution in [-0.4, -0.2) is 24.5 Å². The maximum Gasteiger partial charge on any atom is 0.159 e. The van der Waals surface area contributed by atoms with Crippen LogP contribution in [0.5, 0.6) is 0 Å². The van der Waals surface area contributed by atoms with Crippen LogP contribution in [0.15, 0.2) is 16.6 Å². The first kappa shape index (κ1) is 13.6. The van der Waals surface area contributed by atoms with Crippen molar-refractivity contribution < 1.29 is 18.3 Å². The molecule has 1 unspecified atom stereocenters. The van der Waals surface area contributed by atoms with Gasteiger partial charge in [0.05, 0.1) is 11.1 Å². The average molecular weight is 320 g/mol. The summed E-state index contributed by atoms with van der Waals surface area (Å²) in [7, 11) is 0. The molecule has 0 amide bonds. The van der Waals surface area contributed by atoms with Gasteiger partial charge < -0.3 is 10.5 Å². The van der Waals surface area contributed by atoms with E-state index in [9.17, 15) is 13.6 Å². The molecule has 18 heavy (non-hydrogen) atoms. The fourth-order valence-corrected chi connectivity index (χ4v) is 2.24. The average Bonchev–Trinajstić information content (AvgIpc) is 2.78. The molecule has 1 saturated heterocycles. The Morgan fingerprint density at radius 1 is 1.50 bits per heavy atom. The summed E-state index contributed by atoms with van der Waals surface area (Å²) in [6, 6.07) is 2.37. The monoisotopic (exact) mass is 319 g/mol. The van der Waals surface area contributed by atoms with Gasteiger partial charge in [0.2, 0.25) is 0 Å². The highest BCUT2D eigenvalue weighted by molar-refractivity contribution is 9.10. The largest absolute Gasteiger partial charge is 0.379 e. The van der Waals surface area contributed by atoms with Crippen LogP contribution in [-0.2, 0) is 16.0 Å². The predicted molar refractivity (Wildman–Crippen MR) is 65.1 cm³/mol. The van der Waals surface area contributed by atoms with Crippen molar-refractivity contribution in [3.8, 4) is 0 Å². The van der Waals surface area contributed by atoms with E-state index in [1.54, 1.807) is 0 Å². The zero-order valence-electron chi connectivity index (χ0n) is 9.51. The molecule has 1 aromatic carbocycles. The molecular weight excluding hydrogens is 308 g/mol. The highest BCUT2D eigenvalue weighted by Crippen LogP contribution is 2.25. The van der Waals surface area contributed by atoms with Crippen molar-refractivity contribution in [2.75, 3.05) is 13.2 Å². The van der Waals surface area contributed by atoms with Crippen molar-refractivity contribution in [3.05, 3.63) is 33.8 Å². The SMILES string of the molecule is NC1(C(=O)Cc2c(F)ccc(Br)c2F)CCOC1. The Kier molecular flexibility index (Phi) is 3.79. The van der Waals surface area contributed by atoms with Gasteiger partial charge in [0.1, 0.15) is 17.2 Å². The second kappa shape index (κ2) is 5.03. The van der Waals surface area contributed by atoms with E-state index in [0.29, 0.717) is 13.0 Å². The highest BCUT2D eigenvalue weighted by Gasteiger charge is 2.38. The lowest BCUT2D eigenvalue weighted by molar-refractivity contribution is -0.123. The third-order valence-corrected chi connectivity index (χ3v) is 3.70. The number of Topliss-reactive ketones (excluding diaryl/α,β-unsaturated/α-hetero) is 1. The maximum atomic E-state index is 13.7. The summed E-state index contributed by atoms with van der Waals surface area (Å²) in [5.41, 5.74) is 4.48. The number of carbonyl (C=O) groups is 1. The van der Waals surface area contributed by atoms with Crippen molar-refractivity contribution in [2.45, 2.75) is 18.4 Å². The molecule has 0 spiro atoms. The van der Waals surface area contributed by atoms with Crippen LogP contribution in [0, 0.1) is 11.6 Å². The van der Waals surface area contributed by atoms with E-state index in [2.05, 4.69) is 15.9 Å². The van der Waals surface area contributed by atoms with Crippen molar-refractivity contribution in [1.82, 2.24) is 0 Å². The molecule has 1 heterocycles. The van der Waals surface area contributed by atoms with Gasteiger partial charge in [-0.25, -0.2) is 8.78 Å². The lowest BCUT2D eigenvalue weighted by atomic mass is 9.90. The molecule has 1 aromatic rings. The van der Waals surface area contributed by atoms with Crippen molar-refractivity contribution in [3.63, 3.8) is 0 Å². The quantitative estimate of drug-likeness (QED) is 0.866. The molecule has 1 aliphatic heterocycles. The van der Waals surface area contributed by atoms with E-state index in [4.69, 9.17) is 10.5 Å². The van der Waals surface area contributed by atoms with Gasteiger partial charge in [-0.05, 0) is 34.5 Å². The Morgan fingerprint density at radius 3 is 2.83 bits per heavy atom. The lowest BCUT2D eigenvalue weighted by Gasteiger charge is -2.20. The molecule has 1 aliphatic rings. The number of ketones is 1. The Bertz CT molecular complexity index is 487. The van der Waals surface area contributed by atoms with Gasteiger partial charge in [0.25, 0.3) is 0 Å². The standard InChI is InChI=1S/C12H12BrF2NO2/c13-8-1-2-9(14)7(11(8)15)5-10(17)12(16)3-4-18-6-12/h1-2H,3-6,16H2. The predicted octanol–water partition coefficient (Wildman–Crippen LogP) is 1.96. The van der Waals surface area contributed by atoms with Gasteiger partial charge in [0.15, 0.2) is 5.78 Å². The lowest BCUT2D eigenvalue weighted by Crippen LogP contribution is -2.49. The Hall–Kier alpha value is -0.850. The normalized spacial score (nSPS) is 23.3. The summed E-state index contributed by atoms with van der Waals surface area (Å²) < 4.78 is 32.4. The van der Waals surface area contributed by atoms with Crippen LogP contribution < -0.4 is 5.73 Å². The van der Waals surface area contributed by atoms with Gasteiger partial charge in [-0.15, -0.1) is 0 Å². The van der Waals surface area contributed by atoms with Crippen molar-refractivity contribution in [1.29, 1.82) is 0 Å². The van der Waals surface area contributed by atoms with Crippen LogP contribution >= 0.6 is 15.9 Å². The molecule has 0 saturated carbocycles. The van der Waals surface area contributed by atoms with E-state index in [1.807, 2.05) is 0 Å². The second-order valence-corrected chi connectivity index (χ2v) is 5.23. The van der Waals surface area contributed by atoms with Gasteiger partial charge in [-0.3, -0.25) is 4.79 Å². The molecule has 0 bridgehead atoms. The molecule has 2 rings (SSSR count).